The maximum Gasteiger partial charge on any atom is 0.320 e. The molecular weight excluding hydrogens is 312 g/mol. The average Bonchev–Trinajstić information content (AvgIpc) is 2.73. The van der Waals surface area contributed by atoms with Crippen molar-refractivity contribution >= 4 is 39.2 Å². The molecule has 1 heterocycles. The second-order valence-corrected chi connectivity index (χ2v) is 4.46. The van der Waals surface area contributed by atoms with Crippen LogP contribution in [-0.2, 0) is 5.88 Å². The summed E-state index contributed by atoms with van der Waals surface area (Å²) in [6.07, 6.45) is 0. The van der Waals surface area contributed by atoms with Crippen LogP contribution < -0.4 is 5.32 Å². The molecule has 0 radical (unpaired) electrons. The predicted molar refractivity (Wildman–Crippen MR) is 66.0 cm³/mol. The minimum atomic E-state index is -0.319. The summed E-state index contributed by atoms with van der Waals surface area (Å²) in [5.41, 5.74) is 1.42. The lowest BCUT2D eigenvalue weighted by atomic mass is 10.2. The molecule has 0 unspecified atom stereocenters. The van der Waals surface area contributed by atoms with Crippen LogP contribution in [0.3, 0.4) is 0 Å². The molecule has 4 nitrogen and oxygen atoms in total. The predicted octanol–water partition coefficient (Wildman–Crippen LogP) is 3.76. The Morgan fingerprint density at radius 2 is 2.24 bits per heavy atom. The highest BCUT2D eigenvalue weighted by Crippen LogP contribution is 2.26. The van der Waals surface area contributed by atoms with Crippen molar-refractivity contribution in [3.05, 3.63) is 33.9 Å². The van der Waals surface area contributed by atoms with E-state index < -0.39 is 0 Å². The molecule has 90 valence electrons. The van der Waals surface area contributed by atoms with Gasteiger partial charge in [0.2, 0.25) is 5.89 Å². The van der Waals surface area contributed by atoms with Gasteiger partial charge in [-0.25, -0.2) is 4.39 Å². The number of anilines is 2. The number of hydrogen-bond donors (Lipinski definition) is 1. The molecular formula is C10H8BrClFN3O. The highest BCUT2D eigenvalue weighted by atomic mass is 79.9. The number of rotatable bonds is 3. The molecule has 1 aromatic carbocycles. The molecule has 0 bridgehead atoms. The van der Waals surface area contributed by atoms with Gasteiger partial charge in [-0.15, -0.1) is 16.7 Å². The minimum absolute atomic E-state index is 0.154. The zero-order valence-electron chi connectivity index (χ0n) is 8.80. The first-order valence-corrected chi connectivity index (χ1v) is 6.04. The first-order chi connectivity index (χ1) is 8.10. The molecule has 0 saturated heterocycles. The number of aryl methyl sites for hydroxylation is 1. The first kappa shape index (κ1) is 12.3. The van der Waals surface area contributed by atoms with E-state index in [4.69, 9.17) is 16.0 Å². The zero-order chi connectivity index (χ0) is 12.4. The van der Waals surface area contributed by atoms with Gasteiger partial charge < -0.3 is 9.73 Å². The van der Waals surface area contributed by atoms with Crippen molar-refractivity contribution in [3.63, 3.8) is 0 Å². The van der Waals surface area contributed by atoms with E-state index in [-0.39, 0.29) is 17.7 Å². The summed E-state index contributed by atoms with van der Waals surface area (Å²) in [4.78, 5) is 0. The van der Waals surface area contributed by atoms with Crippen molar-refractivity contribution in [1.82, 2.24) is 10.2 Å². The summed E-state index contributed by atoms with van der Waals surface area (Å²) in [6, 6.07) is 3.24. The molecule has 0 aliphatic heterocycles. The molecule has 7 heteroatoms. The standard InChI is InChI=1S/C10H8BrClFN3O/c1-5-2-7(13)6(11)3-8(5)14-10-16-15-9(4-12)17-10/h2-3H,4H2,1H3,(H,14,16). The quantitative estimate of drug-likeness (QED) is 0.875. The number of halogens is 3. The lowest BCUT2D eigenvalue weighted by molar-refractivity contribution is 0.530. The lowest BCUT2D eigenvalue weighted by Crippen LogP contribution is -1.95. The second kappa shape index (κ2) is 5.01. The van der Waals surface area contributed by atoms with Gasteiger partial charge in [0, 0.05) is 5.69 Å². The average molecular weight is 321 g/mol. The molecule has 1 aromatic heterocycles. The van der Waals surface area contributed by atoms with Crippen LogP contribution in [0, 0.1) is 12.7 Å². The van der Waals surface area contributed by atoms with Crippen LogP contribution in [0.2, 0.25) is 0 Å². The fourth-order valence-electron chi connectivity index (χ4n) is 1.25. The molecule has 0 atom stereocenters. The van der Waals surface area contributed by atoms with E-state index in [1.165, 1.54) is 6.07 Å². The van der Waals surface area contributed by atoms with E-state index >= 15 is 0 Å². The third kappa shape index (κ3) is 2.76. The van der Waals surface area contributed by atoms with Gasteiger partial charge in [-0.2, -0.15) is 0 Å². The molecule has 0 amide bonds. The summed E-state index contributed by atoms with van der Waals surface area (Å²) in [5.74, 6) is 0.161. The zero-order valence-corrected chi connectivity index (χ0v) is 11.1. The fourth-order valence-corrected chi connectivity index (χ4v) is 1.71. The molecule has 2 rings (SSSR count). The van der Waals surface area contributed by atoms with Crippen molar-refractivity contribution in [1.29, 1.82) is 0 Å². The van der Waals surface area contributed by atoms with Crippen LogP contribution in [0.15, 0.2) is 21.0 Å². The van der Waals surface area contributed by atoms with Crippen LogP contribution in [-0.4, -0.2) is 10.2 Å². The highest BCUT2D eigenvalue weighted by molar-refractivity contribution is 9.10. The van der Waals surface area contributed by atoms with Crippen molar-refractivity contribution < 1.29 is 8.81 Å². The topological polar surface area (TPSA) is 51.0 Å². The molecule has 0 fully saturated rings. The number of nitrogens with zero attached hydrogens (tertiary/aromatic N) is 2. The normalized spacial score (nSPS) is 10.6. The molecule has 1 N–H and O–H groups in total. The third-order valence-corrected chi connectivity index (χ3v) is 2.93. The van der Waals surface area contributed by atoms with Crippen LogP contribution in [0.1, 0.15) is 11.5 Å². The van der Waals surface area contributed by atoms with Gasteiger partial charge in [-0.1, -0.05) is 5.10 Å². The number of hydrogen-bond acceptors (Lipinski definition) is 4. The van der Waals surface area contributed by atoms with Crippen LogP contribution in [0.4, 0.5) is 16.1 Å². The Morgan fingerprint density at radius 3 is 2.88 bits per heavy atom. The Balaban J connectivity index is 2.26. The van der Waals surface area contributed by atoms with E-state index in [0.29, 0.717) is 16.1 Å². The molecule has 17 heavy (non-hydrogen) atoms. The molecule has 0 aliphatic rings. The van der Waals surface area contributed by atoms with Crippen molar-refractivity contribution in [2.24, 2.45) is 0 Å². The van der Waals surface area contributed by atoms with Gasteiger partial charge in [-0.05, 0) is 40.5 Å². The Hall–Kier alpha value is -1.14. The highest BCUT2D eigenvalue weighted by Gasteiger charge is 2.09. The smallest absolute Gasteiger partial charge is 0.320 e. The summed E-state index contributed by atoms with van der Waals surface area (Å²) in [6.45, 7) is 1.77. The van der Waals surface area contributed by atoms with E-state index in [0.717, 1.165) is 5.56 Å². The summed E-state index contributed by atoms with van der Waals surface area (Å²) < 4.78 is 18.8. The molecule has 2 aromatic rings. The monoisotopic (exact) mass is 319 g/mol. The van der Waals surface area contributed by atoms with Gasteiger partial charge in [0.05, 0.1) is 4.47 Å². The van der Waals surface area contributed by atoms with E-state index in [9.17, 15) is 4.39 Å². The third-order valence-electron chi connectivity index (χ3n) is 2.09. The molecule has 0 aliphatic carbocycles. The van der Waals surface area contributed by atoms with Crippen LogP contribution in [0.25, 0.3) is 0 Å². The Bertz CT molecular complexity index is 546. The van der Waals surface area contributed by atoms with Crippen molar-refractivity contribution in [3.8, 4) is 0 Å². The second-order valence-electron chi connectivity index (χ2n) is 3.34. The Morgan fingerprint density at radius 1 is 1.47 bits per heavy atom. The number of benzene rings is 1. The number of nitrogens with one attached hydrogen (secondary N) is 1. The molecule has 0 saturated carbocycles. The SMILES string of the molecule is Cc1cc(F)c(Br)cc1Nc1nnc(CCl)o1. The number of alkyl halides is 1. The lowest BCUT2D eigenvalue weighted by Gasteiger charge is -2.06. The van der Waals surface area contributed by atoms with Gasteiger partial charge >= 0.3 is 6.01 Å². The molecule has 0 spiro atoms. The van der Waals surface area contributed by atoms with Crippen LogP contribution >= 0.6 is 27.5 Å². The Kier molecular flexibility index (Phi) is 3.63. The summed E-state index contributed by atoms with van der Waals surface area (Å²) in [5, 5.41) is 10.4. The van der Waals surface area contributed by atoms with Gasteiger partial charge in [0.15, 0.2) is 0 Å². The van der Waals surface area contributed by atoms with Gasteiger partial charge in [0.25, 0.3) is 0 Å². The maximum absolute atomic E-state index is 13.2. The van der Waals surface area contributed by atoms with E-state index in [2.05, 4.69) is 31.4 Å². The van der Waals surface area contributed by atoms with Crippen LogP contribution in [0.5, 0.6) is 0 Å². The minimum Gasteiger partial charge on any atom is -0.407 e. The largest absolute Gasteiger partial charge is 0.407 e. The van der Waals surface area contributed by atoms with E-state index in [1.807, 2.05) is 0 Å². The van der Waals surface area contributed by atoms with E-state index in [1.54, 1.807) is 13.0 Å². The summed E-state index contributed by atoms with van der Waals surface area (Å²) in [7, 11) is 0. The number of aromatic nitrogens is 2. The first-order valence-electron chi connectivity index (χ1n) is 4.71. The van der Waals surface area contributed by atoms with Gasteiger partial charge in [0.1, 0.15) is 11.7 Å². The fraction of sp³-hybridized carbons (Fsp3) is 0.200. The summed E-state index contributed by atoms with van der Waals surface area (Å²) >= 11 is 8.65. The van der Waals surface area contributed by atoms with Crippen molar-refractivity contribution in [2.75, 3.05) is 5.32 Å². The maximum atomic E-state index is 13.2. The Labute approximate surface area is 110 Å². The van der Waals surface area contributed by atoms with Crippen molar-refractivity contribution in [2.45, 2.75) is 12.8 Å². The van der Waals surface area contributed by atoms with Gasteiger partial charge in [-0.3, -0.25) is 0 Å².